The van der Waals surface area contributed by atoms with Gasteiger partial charge in [-0.15, -0.1) is 0 Å². The van der Waals surface area contributed by atoms with Crippen LogP contribution in [0.15, 0.2) is 42.5 Å². The van der Waals surface area contributed by atoms with Crippen molar-refractivity contribution in [1.29, 1.82) is 0 Å². The molecule has 0 saturated heterocycles. The molecule has 10 heteroatoms. The van der Waals surface area contributed by atoms with Gasteiger partial charge in [-0.05, 0) is 44.2 Å². The second kappa shape index (κ2) is 10.6. The summed E-state index contributed by atoms with van der Waals surface area (Å²) in [5, 5.41) is 13.3. The second-order valence-electron chi connectivity index (χ2n) is 5.96. The van der Waals surface area contributed by atoms with E-state index in [0.717, 1.165) is 0 Å². The Hall–Kier alpha value is -3.82. The number of hydrogen-bond acceptors (Lipinski definition) is 8. The van der Waals surface area contributed by atoms with Gasteiger partial charge in [-0.1, -0.05) is 0 Å². The Morgan fingerprint density at radius 3 is 2.30 bits per heavy atom. The molecule has 30 heavy (non-hydrogen) atoms. The highest BCUT2D eigenvalue weighted by molar-refractivity contribution is 5.96. The molecule has 0 saturated carbocycles. The van der Waals surface area contributed by atoms with Crippen LogP contribution in [-0.4, -0.2) is 43.2 Å². The molecule has 0 fully saturated rings. The van der Waals surface area contributed by atoms with Gasteiger partial charge in [0, 0.05) is 6.07 Å². The first-order valence-electron chi connectivity index (χ1n) is 9.02. The maximum Gasteiger partial charge on any atom is 0.344 e. The van der Waals surface area contributed by atoms with Gasteiger partial charge in [0.05, 0.1) is 30.4 Å². The zero-order valence-electron chi connectivity index (χ0n) is 16.7. The number of carbonyl (C=O) groups excluding carboxylic acids is 2. The van der Waals surface area contributed by atoms with E-state index in [1.807, 2.05) is 6.92 Å². The van der Waals surface area contributed by atoms with Crippen LogP contribution in [0.1, 0.15) is 13.8 Å². The molecule has 2 rings (SSSR count). The van der Waals surface area contributed by atoms with Crippen LogP contribution in [0.5, 0.6) is 17.2 Å². The number of benzene rings is 2. The van der Waals surface area contributed by atoms with Gasteiger partial charge in [-0.2, -0.15) is 0 Å². The fraction of sp³-hybridized carbons (Fsp3) is 0.300. The lowest BCUT2D eigenvalue weighted by atomic mass is 10.2. The molecule has 2 aromatic rings. The van der Waals surface area contributed by atoms with Crippen molar-refractivity contribution in [2.75, 3.05) is 25.6 Å². The summed E-state index contributed by atoms with van der Waals surface area (Å²) in [6.45, 7) is 3.42. The quantitative estimate of drug-likeness (QED) is 0.354. The topological polar surface area (TPSA) is 126 Å². The van der Waals surface area contributed by atoms with E-state index in [1.54, 1.807) is 24.3 Å². The molecule has 0 spiro atoms. The molecular weight excluding hydrogens is 396 g/mol. The lowest BCUT2D eigenvalue weighted by Crippen LogP contribution is -2.31. The highest BCUT2D eigenvalue weighted by atomic mass is 16.6. The summed E-state index contributed by atoms with van der Waals surface area (Å²) in [5.74, 6) is -0.129. The van der Waals surface area contributed by atoms with E-state index in [9.17, 15) is 19.7 Å². The Labute approximate surface area is 172 Å². The zero-order chi connectivity index (χ0) is 22.1. The molecule has 10 nitrogen and oxygen atoms in total. The minimum Gasteiger partial charge on any atom is -0.494 e. The van der Waals surface area contributed by atoms with Crippen molar-refractivity contribution in [3.05, 3.63) is 52.6 Å². The van der Waals surface area contributed by atoms with E-state index in [1.165, 1.54) is 32.2 Å². The third kappa shape index (κ3) is 6.36. The molecule has 0 radical (unpaired) electrons. The summed E-state index contributed by atoms with van der Waals surface area (Å²) in [5.41, 5.74) is 0.0254. The average molecular weight is 418 g/mol. The molecule has 0 aliphatic carbocycles. The number of nitrogens with zero attached hydrogens (tertiary/aromatic N) is 1. The Bertz CT molecular complexity index is 898. The van der Waals surface area contributed by atoms with E-state index in [4.69, 9.17) is 18.9 Å². The Kier molecular flexibility index (Phi) is 7.98. The first-order valence-corrected chi connectivity index (χ1v) is 9.02. The maximum absolute atomic E-state index is 12.3. The molecule has 0 aliphatic rings. The summed E-state index contributed by atoms with van der Waals surface area (Å²) in [4.78, 5) is 34.5. The van der Waals surface area contributed by atoms with Crippen molar-refractivity contribution < 1.29 is 33.5 Å². The molecule has 0 heterocycles. The number of non-ortho nitro benzene ring substituents is 1. The molecular formula is C20H22N2O8. The number of methoxy groups -OCH3 is 1. The largest absolute Gasteiger partial charge is 0.494 e. The average Bonchev–Trinajstić information content (AvgIpc) is 2.73. The van der Waals surface area contributed by atoms with Crippen LogP contribution in [0.25, 0.3) is 0 Å². The fourth-order valence-corrected chi connectivity index (χ4v) is 2.36. The van der Waals surface area contributed by atoms with Gasteiger partial charge < -0.3 is 24.3 Å². The molecule has 1 amide bonds. The predicted octanol–water partition coefficient (Wildman–Crippen LogP) is 2.95. The van der Waals surface area contributed by atoms with Crippen molar-refractivity contribution in [3.8, 4) is 17.2 Å². The molecule has 1 N–H and O–H groups in total. The Morgan fingerprint density at radius 2 is 1.73 bits per heavy atom. The lowest BCUT2D eigenvalue weighted by molar-refractivity contribution is -0.384. The van der Waals surface area contributed by atoms with Gasteiger partial charge in [-0.25, -0.2) is 4.79 Å². The van der Waals surface area contributed by atoms with Crippen LogP contribution in [0.3, 0.4) is 0 Å². The van der Waals surface area contributed by atoms with E-state index in [0.29, 0.717) is 18.1 Å². The Balaban J connectivity index is 1.87. The summed E-state index contributed by atoms with van der Waals surface area (Å²) >= 11 is 0. The summed E-state index contributed by atoms with van der Waals surface area (Å²) < 4.78 is 20.7. The van der Waals surface area contributed by atoms with Gasteiger partial charge in [0.25, 0.3) is 11.6 Å². The number of carbonyl (C=O) groups is 2. The SMILES string of the molecule is CCOc1ccc(OCC(=O)O[C@H](C)C(=O)Nc2ccc([N+](=O)[O-])cc2OC)cc1. The highest BCUT2D eigenvalue weighted by Crippen LogP contribution is 2.29. The number of ether oxygens (including phenoxy) is 4. The number of nitro groups is 1. The molecule has 0 bridgehead atoms. The standard InChI is InChI=1S/C20H22N2O8/c1-4-28-15-6-8-16(9-7-15)29-12-19(23)30-13(2)20(24)21-17-10-5-14(22(25)26)11-18(17)27-3/h5-11,13H,4,12H2,1-3H3,(H,21,24)/t13-/m1/s1. The van der Waals surface area contributed by atoms with Gasteiger partial charge in [0.2, 0.25) is 0 Å². The molecule has 160 valence electrons. The maximum atomic E-state index is 12.3. The predicted molar refractivity (Wildman–Crippen MR) is 107 cm³/mol. The molecule has 0 aliphatic heterocycles. The van der Waals surface area contributed by atoms with Gasteiger partial charge in [0.15, 0.2) is 12.7 Å². The summed E-state index contributed by atoms with van der Waals surface area (Å²) in [6.07, 6.45) is -1.12. The first-order chi connectivity index (χ1) is 14.3. The smallest absolute Gasteiger partial charge is 0.344 e. The number of amides is 1. The summed E-state index contributed by atoms with van der Waals surface area (Å²) in [6, 6.07) is 10.4. The molecule has 1 atom stereocenters. The van der Waals surface area contributed by atoms with Crippen LogP contribution < -0.4 is 19.5 Å². The summed E-state index contributed by atoms with van der Waals surface area (Å²) in [7, 11) is 1.32. The highest BCUT2D eigenvalue weighted by Gasteiger charge is 2.20. The normalized spacial score (nSPS) is 11.2. The lowest BCUT2D eigenvalue weighted by Gasteiger charge is -2.15. The van der Waals surface area contributed by atoms with E-state index in [2.05, 4.69) is 5.32 Å². The van der Waals surface area contributed by atoms with Crippen molar-refractivity contribution in [2.45, 2.75) is 20.0 Å². The third-order valence-corrected chi connectivity index (χ3v) is 3.82. The molecule has 0 aromatic heterocycles. The van der Waals surface area contributed by atoms with Gasteiger partial charge in [0.1, 0.15) is 17.2 Å². The van der Waals surface area contributed by atoms with Crippen molar-refractivity contribution >= 4 is 23.3 Å². The molecule has 2 aromatic carbocycles. The number of nitro benzene ring substituents is 1. The van der Waals surface area contributed by atoms with Crippen molar-refractivity contribution in [3.63, 3.8) is 0 Å². The van der Waals surface area contributed by atoms with Crippen LogP contribution in [0, 0.1) is 10.1 Å². The Morgan fingerprint density at radius 1 is 1.10 bits per heavy atom. The number of rotatable bonds is 10. The van der Waals surface area contributed by atoms with Crippen LogP contribution in [0.2, 0.25) is 0 Å². The zero-order valence-corrected chi connectivity index (χ0v) is 16.7. The first kappa shape index (κ1) is 22.5. The number of hydrogen-bond donors (Lipinski definition) is 1. The van der Waals surface area contributed by atoms with E-state index >= 15 is 0 Å². The van der Waals surface area contributed by atoms with Crippen LogP contribution in [0.4, 0.5) is 11.4 Å². The van der Waals surface area contributed by atoms with E-state index in [-0.39, 0.29) is 23.7 Å². The molecule has 0 unspecified atom stereocenters. The fourth-order valence-electron chi connectivity index (χ4n) is 2.36. The minimum atomic E-state index is -1.12. The van der Waals surface area contributed by atoms with Crippen LogP contribution in [-0.2, 0) is 14.3 Å². The van der Waals surface area contributed by atoms with Crippen molar-refractivity contribution in [1.82, 2.24) is 0 Å². The van der Waals surface area contributed by atoms with Gasteiger partial charge >= 0.3 is 5.97 Å². The van der Waals surface area contributed by atoms with Crippen LogP contribution >= 0.6 is 0 Å². The van der Waals surface area contributed by atoms with Gasteiger partial charge in [-0.3, -0.25) is 14.9 Å². The van der Waals surface area contributed by atoms with Crippen molar-refractivity contribution in [2.24, 2.45) is 0 Å². The number of esters is 1. The monoisotopic (exact) mass is 418 g/mol. The minimum absolute atomic E-state index is 0.106. The van der Waals surface area contributed by atoms with E-state index < -0.39 is 22.9 Å². The number of anilines is 1. The number of nitrogens with one attached hydrogen (secondary N) is 1. The third-order valence-electron chi connectivity index (χ3n) is 3.82. The second-order valence-corrected chi connectivity index (χ2v) is 5.96.